The van der Waals surface area contributed by atoms with E-state index in [1.165, 1.54) is 5.56 Å². The molecule has 0 spiro atoms. The molecule has 0 aliphatic rings. The van der Waals surface area contributed by atoms with Crippen molar-refractivity contribution in [2.75, 3.05) is 5.32 Å². The van der Waals surface area contributed by atoms with Crippen LogP contribution in [0, 0.1) is 13.8 Å². The molecule has 0 unspecified atom stereocenters. The third kappa shape index (κ3) is 4.55. The number of aryl methyl sites for hydroxylation is 2. The Morgan fingerprint density at radius 3 is 2.44 bits per heavy atom. The van der Waals surface area contributed by atoms with Gasteiger partial charge in [-0.3, -0.25) is 10.1 Å². The zero-order valence-electron chi connectivity index (χ0n) is 14.3. The van der Waals surface area contributed by atoms with E-state index in [0.29, 0.717) is 18.1 Å². The van der Waals surface area contributed by atoms with E-state index in [1.54, 1.807) is 13.0 Å². The van der Waals surface area contributed by atoms with E-state index < -0.39 is 6.04 Å². The summed E-state index contributed by atoms with van der Waals surface area (Å²) in [5.74, 6) is 0.895. The standard InChI is InChI=1S/C20H21N3O2/c1-14-8-10-16(11-9-14)13-21-19(17-6-4-3-5-7-17)20(24)22-18-12-15(2)25-23-18/h3-12,19,21H,13H2,1-2H3,(H,22,23,24)/t19-/m0/s1. The number of anilines is 1. The van der Waals surface area contributed by atoms with Gasteiger partial charge in [-0.2, -0.15) is 0 Å². The summed E-state index contributed by atoms with van der Waals surface area (Å²) in [4.78, 5) is 12.7. The number of nitrogens with zero attached hydrogens (tertiary/aromatic N) is 1. The fourth-order valence-corrected chi connectivity index (χ4v) is 2.56. The lowest BCUT2D eigenvalue weighted by Crippen LogP contribution is -2.32. The van der Waals surface area contributed by atoms with Gasteiger partial charge in [-0.05, 0) is 25.0 Å². The number of rotatable bonds is 6. The van der Waals surface area contributed by atoms with Crippen molar-refractivity contribution in [3.05, 3.63) is 83.1 Å². The third-order valence-corrected chi connectivity index (χ3v) is 3.91. The number of carbonyl (C=O) groups excluding carboxylic acids is 1. The molecule has 1 atom stereocenters. The Bertz CT molecular complexity index is 826. The van der Waals surface area contributed by atoms with Gasteiger partial charge in [-0.15, -0.1) is 0 Å². The van der Waals surface area contributed by atoms with Gasteiger partial charge in [-0.1, -0.05) is 65.3 Å². The second-order valence-electron chi connectivity index (χ2n) is 6.02. The van der Waals surface area contributed by atoms with Crippen molar-refractivity contribution in [2.45, 2.75) is 26.4 Å². The van der Waals surface area contributed by atoms with Crippen LogP contribution in [0.25, 0.3) is 0 Å². The number of hydrogen-bond acceptors (Lipinski definition) is 4. The minimum Gasteiger partial charge on any atom is -0.360 e. The molecule has 25 heavy (non-hydrogen) atoms. The molecule has 128 valence electrons. The highest BCUT2D eigenvalue weighted by atomic mass is 16.5. The van der Waals surface area contributed by atoms with Crippen LogP contribution in [0.4, 0.5) is 5.82 Å². The lowest BCUT2D eigenvalue weighted by Gasteiger charge is -2.18. The molecule has 5 nitrogen and oxygen atoms in total. The summed E-state index contributed by atoms with van der Waals surface area (Å²) in [5.41, 5.74) is 3.23. The summed E-state index contributed by atoms with van der Waals surface area (Å²) in [7, 11) is 0. The zero-order chi connectivity index (χ0) is 17.6. The Morgan fingerprint density at radius 1 is 1.08 bits per heavy atom. The smallest absolute Gasteiger partial charge is 0.247 e. The minimum atomic E-state index is -0.487. The first-order valence-corrected chi connectivity index (χ1v) is 8.20. The van der Waals surface area contributed by atoms with Gasteiger partial charge in [0.2, 0.25) is 5.91 Å². The quantitative estimate of drug-likeness (QED) is 0.720. The lowest BCUT2D eigenvalue weighted by atomic mass is 10.1. The second kappa shape index (κ2) is 7.77. The first-order valence-electron chi connectivity index (χ1n) is 8.20. The number of aromatic nitrogens is 1. The molecule has 0 fully saturated rings. The maximum Gasteiger partial charge on any atom is 0.247 e. The second-order valence-corrected chi connectivity index (χ2v) is 6.02. The molecule has 2 N–H and O–H groups in total. The van der Waals surface area contributed by atoms with Gasteiger partial charge >= 0.3 is 0 Å². The van der Waals surface area contributed by atoms with Crippen LogP contribution in [0.15, 0.2) is 65.2 Å². The maximum atomic E-state index is 12.7. The van der Waals surface area contributed by atoms with Crippen LogP contribution in [0.3, 0.4) is 0 Å². The summed E-state index contributed by atoms with van der Waals surface area (Å²) >= 11 is 0. The highest BCUT2D eigenvalue weighted by Gasteiger charge is 2.21. The van der Waals surface area contributed by atoms with Gasteiger partial charge in [0.05, 0.1) is 0 Å². The molecule has 1 amide bonds. The van der Waals surface area contributed by atoms with Crippen LogP contribution in [0.2, 0.25) is 0 Å². The molecule has 0 aliphatic carbocycles. The molecular weight excluding hydrogens is 314 g/mol. The van der Waals surface area contributed by atoms with Gasteiger partial charge in [0.25, 0.3) is 0 Å². The normalized spacial score (nSPS) is 11.9. The van der Waals surface area contributed by atoms with Gasteiger partial charge in [0.1, 0.15) is 11.8 Å². The number of benzene rings is 2. The number of nitrogens with one attached hydrogen (secondary N) is 2. The molecule has 1 heterocycles. The summed E-state index contributed by atoms with van der Waals surface area (Å²) in [6.07, 6.45) is 0. The maximum absolute atomic E-state index is 12.7. The van der Waals surface area contributed by atoms with Gasteiger partial charge in [0.15, 0.2) is 5.82 Å². The highest BCUT2D eigenvalue weighted by Crippen LogP contribution is 2.17. The van der Waals surface area contributed by atoms with E-state index in [9.17, 15) is 4.79 Å². The molecule has 0 bridgehead atoms. The molecule has 1 aromatic heterocycles. The monoisotopic (exact) mass is 335 g/mol. The van der Waals surface area contributed by atoms with E-state index in [0.717, 1.165) is 11.1 Å². The average Bonchev–Trinajstić information content (AvgIpc) is 3.02. The van der Waals surface area contributed by atoms with Crippen LogP contribution < -0.4 is 10.6 Å². The predicted molar refractivity (Wildman–Crippen MR) is 97.1 cm³/mol. The molecule has 0 saturated heterocycles. The number of amides is 1. The fraction of sp³-hybridized carbons (Fsp3) is 0.200. The van der Waals surface area contributed by atoms with E-state index in [2.05, 4.69) is 47.0 Å². The first kappa shape index (κ1) is 16.9. The van der Waals surface area contributed by atoms with E-state index in [1.807, 2.05) is 30.3 Å². The Hall–Kier alpha value is -2.92. The van der Waals surface area contributed by atoms with E-state index in [-0.39, 0.29) is 5.91 Å². The summed E-state index contributed by atoms with van der Waals surface area (Å²) < 4.78 is 5.01. The summed E-state index contributed by atoms with van der Waals surface area (Å²) in [6, 6.07) is 19.1. The van der Waals surface area contributed by atoms with Crippen LogP contribution in [-0.4, -0.2) is 11.1 Å². The van der Waals surface area contributed by atoms with Crippen molar-refractivity contribution in [3.63, 3.8) is 0 Å². The first-order chi connectivity index (χ1) is 12.1. The van der Waals surface area contributed by atoms with E-state index >= 15 is 0 Å². The van der Waals surface area contributed by atoms with Gasteiger partial charge < -0.3 is 9.84 Å². The SMILES string of the molecule is Cc1ccc(CN[C@H](C(=O)Nc2cc(C)on2)c2ccccc2)cc1. The Kier molecular flexibility index (Phi) is 5.26. The van der Waals surface area contributed by atoms with Crippen LogP contribution >= 0.6 is 0 Å². The highest BCUT2D eigenvalue weighted by molar-refractivity contribution is 5.94. The van der Waals surface area contributed by atoms with Crippen LogP contribution in [0.1, 0.15) is 28.5 Å². The van der Waals surface area contributed by atoms with Crippen molar-refractivity contribution >= 4 is 11.7 Å². The van der Waals surface area contributed by atoms with Crippen molar-refractivity contribution in [3.8, 4) is 0 Å². The number of hydrogen-bond donors (Lipinski definition) is 2. The Balaban J connectivity index is 1.75. The molecule has 0 aliphatic heterocycles. The largest absolute Gasteiger partial charge is 0.360 e. The number of carbonyl (C=O) groups is 1. The summed E-state index contributed by atoms with van der Waals surface area (Å²) in [6.45, 7) is 4.43. The average molecular weight is 335 g/mol. The Labute approximate surface area is 147 Å². The molecule has 5 heteroatoms. The van der Waals surface area contributed by atoms with Crippen LogP contribution in [-0.2, 0) is 11.3 Å². The van der Waals surface area contributed by atoms with Gasteiger partial charge in [-0.25, -0.2) is 0 Å². The Morgan fingerprint density at radius 2 is 1.80 bits per heavy atom. The topological polar surface area (TPSA) is 67.2 Å². The molecule has 0 radical (unpaired) electrons. The molecular formula is C20H21N3O2. The van der Waals surface area contributed by atoms with Crippen molar-refractivity contribution in [2.24, 2.45) is 0 Å². The van der Waals surface area contributed by atoms with Crippen molar-refractivity contribution in [1.82, 2.24) is 10.5 Å². The van der Waals surface area contributed by atoms with E-state index in [4.69, 9.17) is 4.52 Å². The lowest BCUT2D eigenvalue weighted by molar-refractivity contribution is -0.118. The third-order valence-electron chi connectivity index (χ3n) is 3.91. The van der Waals surface area contributed by atoms with Crippen molar-refractivity contribution in [1.29, 1.82) is 0 Å². The van der Waals surface area contributed by atoms with Crippen molar-refractivity contribution < 1.29 is 9.32 Å². The summed E-state index contributed by atoms with van der Waals surface area (Å²) in [5, 5.41) is 9.95. The van der Waals surface area contributed by atoms with Crippen LogP contribution in [0.5, 0.6) is 0 Å². The molecule has 2 aromatic carbocycles. The predicted octanol–water partition coefficient (Wildman–Crippen LogP) is 3.76. The fourth-order valence-electron chi connectivity index (χ4n) is 2.56. The molecule has 0 saturated carbocycles. The molecule has 3 rings (SSSR count). The zero-order valence-corrected chi connectivity index (χ0v) is 14.3. The minimum absolute atomic E-state index is 0.174. The van der Waals surface area contributed by atoms with Gasteiger partial charge in [0, 0.05) is 12.6 Å². The molecule has 3 aromatic rings.